The van der Waals surface area contributed by atoms with Gasteiger partial charge in [-0.2, -0.15) is 0 Å². The van der Waals surface area contributed by atoms with E-state index in [-0.39, 0.29) is 5.91 Å². The quantitative estimate of drug-likeness (QED) is 0.899. The Morgan fingerprint density at radius 2 is 1.86 bits per heavy atom. The second-order valence-electron chi connectivity index (χ2n) is 4.80. The first-order valence-corrected chi connectivity index (χ1v) is 7.40. The number of carbonyl (C=O) groups is 1. The molecule has 1 aliphatic rings. The maximum absolute atomic E-state index is 12.3. The number of aryl methyl sites for hydroxylation is 1. The summed E-state index contributed by atoms with van der Waals surface area (Å²) < 4.78 is 11.8. The fourth-order valence-corrected chi connectivity index (χ4v) is 2.46. The van der Waals surface area contributed by atoms with E-state index in [0.29, 0.717) is 30.3 Å². The van der Waals surface area contributed by atoms with Crippen LogP contribution in [0.1, 0.15) is 15.9 Å². The molecule has 108 valence electrons. The van der Waals surface area contributed by atoms with Crippen molar-refractivity contribution in [3.63, 3.8) is 0 Å². The first-order chi connectivity index (χ1) is 10.1. The van der Waals surface area contributed by atoms with Gasteiger partial charge in [-0.25, -0.2) is 0 Å². The molecule has 0 atom stereocenters. The molecule has 0 fully saturated rings. The zero-order chi connectivity index (χ0) is 14.8. The van der Waals surface area contributed by atoms with Crippen LogP contribution in [0.25, 0.3) is 0 Å². The molecule has 1 amide bonds. The van der Waals surface area contributed by atoms with Crippen LogP contribution in [0.15, 0.2) is 40.9 Å². The molecule has 1 heterocycles. The summed E-state index contributed by atoms with van der Waals surface area (Å²) in [5, 5.41) is 2.89. The lowest BCUT2D eigenvalue weighted by Crippen LogP contribution is -2.17. The van der Waals surface area contributed by atoms with Crippen LogP contribution in [0.2, 0.25) is 0 Å². The van der Waals surface area contributed by atoms with Crippen molar-refractivity contribution in [2.75, 3.05) is 18.5 Å². The highest BCUT2D eigenvalue weighted by molar-refractivity contribution is 9.10. The van der Waals surface area contributed by atoms with E-state index >= 15 is 0 Å². The smallest absolute Gasteiger partial charge is 0.255 e. The summed E-state index contributed by atoms with van der Waals surface area (Å²) in [6.07, 6.45) is 0. The minimum atomic E-state index is -0.182. The van der Waals surface area contributed by atoms with Gasteiger partial charge in [0, 0.05) is 10.0 Å². The summed E-state index contributed by atoms with van der Waals surface area (Å²) in [4.78, 5) is 12.3. The normalized spacial score (nSPS) is 12.9. The van der Waals surface area contributed by atoms with Crippen LogP contribution in [0.4, 0.5) is 5.69 Å². The lowest BCUT2D eigenvalue weighted by Gasteiger charge is -2.18. The minimum Gasteiger partial charge on any atom is -0.486 e. The fourth-order valence-electron chi connectivity index (χ4n) is 2.11. The van der Waals surface area contributed by atoms with Crippen LogP contribution in [0, 0.1) is 6.92 Å². The molecule has 4 nitrogen and oxygen atoms in total. The lowest BCUT2D eigenvalue weighted by molar-refractivity contribution is 0.102. The van der Waals surface area contributed by atoms with Gasteiger partial charge in [0.25, 0.3) is 5.91 Å². The predicted molar refractivity (Wildman–Crippen MR) is 84.3 cm³/mol. The van der Waals surface area contributed by atoms with Gasteiger partial charge in [-0.05, 0) is 58.7 Å². The number of hydrogen-bond acceptors (Lipinski definition) is 3. The van der Waals surface area contributed by atoms with Crippen molar-refractivity contribution in [1.29, 1.82) is 0 Å². The molecule has 2 aromatic rings. The number of carbonyl (C=O) groups excluding carboxylic acids is 1. The van der Waals surface area contributed by atoms with E-state index in [0.717, 1.165) is 15.7 Å². The second-order valence-corrected chi connectivity index (χ2v) is 5.65. The maximum Gasteiger partial charge on any atom is 0.255 e. The monoisotopic (exact) mass is 347 g/mol. The van der Waals surface area contributed by atoms with Crippen LogP contribution < -0.4 is 14.8 Å². The summed E-state index contributed by atoms with van der Waals surface area (Å²) in [7, 11) is 0. The van der Waals surface area contributed by atoms with Crippen molar-refractivity contribution < 1.29 is 14.3 Å². The van der Waals surface area contributed by atoms with Gasteiger partial charge in [-0.1, -0.05) is 6.07 Å². The van der Waals surface area contributed by atoms with Gasteiger partial charge in [0.05, 0.1) is 5.69 Å². The molecule has 0 spiro atoms. The van der Waals surface area contributed by atoms with E-state index in [4.69, 9.17) is 9.47 Å². The third-order valence-corrected chi connectivity index (χ3v) is 3.87. The van der Waals surface area contributed by atoms with Crippen molar-refractivity contribution in [3.05, 3.63) is 52.0 Å². The highest BCUT2D eigenvalue weighted by Gasteiger charge is 2.15. The molecule has 2 aromatic carbocycles. The van der Waals surface area contributed by atoms with E-state index in [1.807, 2.05) is 25.1 Å². The summed E-state index contributed by atoms with van der Waals surface area (Å²) >= 11 is 3.43. The fraction of sp³-hybridized carbons (Fsp3) is 0.188. The summed E-state index contributed by atoms with van der Waals surface area (Å²) in [6, 6.07) is 11.0. The van der Waals surface area contributed by atoms with E-state index in [1.165, 1.54) is 0 Å². The van der Waals surface area contributed by atoms with Gasteiger partial charge in [-0.3, -0.25) is 4.79 Å². The number of nitrogens with one attached hydrogen (secondary N) is 1. The Morgan fingerprint density at radius 1 is 1.10 bits per heavy atom. The first-order valence-electron chi connectivity index (χ1n) is 6.60. The highest BCUT2D eigenvalue weighted by atomic mass is 79.9. The topological polar surface area (TPSA) is 47.6 Å². The molecule has 1 aliphatic heterocycles. The molecular formula is C16H14BrNO3. The largest absolute Gasteiger partial charge is 0.486 e. The van der Waals surface area contributed by atoms with Crippen molar-refractivity contribution in [1.82, 2.24) is 0 Å². The molecule has 0 saturated heterocycles. The Hall–Kier alpha value is -2.01. The molecule has 5 heteroatoms. The molecule has 1 N–H and O–H groups in total. The molecule has 21 heavy (non-hydrogen) atoms. The van der Waals surface area contributed by atoms with Crippen LogP contribution in [-0.2, 0) is 0 Å². The number of hydrogen-bond donors (Lipinski definition) is 1. The zero-order valence-corrected chi connectivity index (χ0v) is 13.1. The van der Waals surface area contributed by atoms with Crippen molar-refractivity contribution in [3.8, 4) is 11.5 Å². The summed E-state index contributed by atoms with van der Waals surface area (Å²) in [6.45, 7) is 3.02. The standard InChI is InChI=1S/C16H14BrNO3/c1-10-2-4-12(17)13(8-10)18-16(19)11-3-5-14-15(9-11)21-7-6-20-14/h2-5,8-9H,6-7H2,1H3,(H,18,19). The molecule has 0 saturated carbocycles. The molecule has 3 rings (SSSR count). The Labute approximate surface area is 131 Å². The molecule has 0 bridgehead atoms. The van der Waals surface area contributed by atoms with Gasteiger partial charge in [0.2, 0.25) is 0 Å². The molecular weight excluding hydrogens is 334 g/mol. The van der Waals surface area contributed by atoms with Crippen LogP contribution in [0.3, 0.4) is 0 Å². The maximum atomic E-state index is 12.3. The Morgan fingerprint density at radius 3 is 2.67 bits per heavy atom. The van der Waals surface area contributed by atoms with Crippen molar-refractivity contribution >= 4 is 27.5 Å². The van der Waals surface area contributed by atoms with Gasteiger partial charge in [0.1, 0.15) is 13.2 Å². The van der Waals surface area contributed by atoms with Crippen molar-refractivity contribution in [2.45, 2.75) is 6.92 Å². The zero-order valence-electron chi connectivity index (χ0n) is 11.5. The Bertz CT molecular complexity index is 700. The average molecular weight is 348 g/mol. The third-order valence-electron chi connectivity index (χ3n) is 3.17. The number of ether oxygens (including phenoxy) is 2. The average Bonchev–Trinajstić information content (AvgIpc) is 2.50. The van der Waals surface area contributed by atoms with Gasteiger partial charge in [-0.15, -0.1) is 0 Å². The lowest BCUT2D eigenvalue weighted by atomic mass is 10.1. The number of amides is 1. The Kier molecular flexibility index (Phi) is 3.84. The molecule has 0 aliphatic carbocycles. The highest BCUT2D eigenvalue weighted by Crippen LogP contribution is 2.31. The molecule has 0 aromatic heterocycles. The minimum absolute atomic E-state index is 0.182. The van der Waals surface area contributed by atoms with Crippen molar-refractivity contribution in [2.24, 2.45) is 0 Å². The molecule has 0 radical (unpaired) electrons. The van der Waals surface area contributed by atoms with E-state index in [9.17, 15) is 4.79 Å². The van der Waals surface area contributed by atoms with Gasteiger partial charge >= 0.3 is 0 Å². The van der Waals surface area contributed by atoms with E-state index in [2.05, 4.69) is 21.2 Å². The number of rotatable bonds is 2. The Balaban J connectivity index is 1.83. The predicted octanol–water partition coefficient (Wildman–Crippen LogP) is 3.78. The van der Waals surface area contributed by atoms with Crippen LogP contribution >= 0.6 is 15.9 Å². The number of fused-ring (bicyclic) bond motifs is 1. The number of anilines is 1. The first kappa shape index (κ1) is 13.9. The number of benzene rings is 2. The summed E-state index contributed by atoms with van der Waals surface area (Å²) in [5.41, 5.74) is 2.36. The SMILES string of the molecule is Cc1ccc(Br)c(NC(=O)c2ccc3c(c2)OCCO3)c1. The third kappa shape index (κ3) is 3.03. The van der Waals surface area contributed by atoms with E-state index < -0.39 is 0 Å². The van der Waals surface area contributed by atoms with Gasteiger partial charge < -0.3 is 14.8 Å². The van der Waals surface area contributed by atoms with Gasteiger partial charge in [0.15, 0.2) is 11.5 Å². The summed E-state index contributed by atoms with van der Waals surface area (Å²) in [5.74, 6) is 1.10. The second kappa shape index (κ2) is 5.77. The van der Waals surface area contributed by atoms with Crippen LogP contribution in [-0.4, -0.2) is 19.1 Å². The van der Waals surface area contributed by atoms with Crippen LogP contribution in [0.5, 0.6) is 11.5 Å². The number of halogens is 1. The molecule has 0 unspecified atom stereocenters. The van der Waals surface area contributed by atoms with E-state index in [1.54, 1.807) is 18.2 Å².